The highest BCUT2D eigenvalue weighted by Crippen LogP contribution is 2.23. The molecule has 1 heterocycles. The molecule has 0 aliphatic rings. The Bertz CT molecular complexity index is 516. The van der Waals surface area contributed by atoms with Gasteiger partial charge in [-0.25, -0.2) is 4.39 Å². The van der Waals surface area contributed by atoms with Crippen molar-refractivity contribution in [1.82, 2.24) is 4.98 Å². The quantitative estimate of drug-likeness (QED) is 0.902. The first kappa shape index (κ1) is 12.5. The summed E-state index contributed by atoms with van der Waals surface area (Å²) in [6.45, 7) is 0. The van der Waals surface area contributed by atoms with Crippen LogP contribution in [0.1, 0.15) is 17.4 Å². The van der Waals surface area contributed by atoms with Gasteiger partial charge in [0.25, 0.3) is 0 Å². The van der Waals surface area contributed by atoms with Gasteiger partial charge in [-0.1, -0.05) is 6.07 Å². The van der Waals surface area contributed by atoms with E-state index in [1.807, 2.05) is 6.07 Å². The smallest absolute Gasteiger partial charge is 0.132 e. The number of aliphatic hydroxyl groups excluding tert-OH is 1. The van der Waals surface area contributed by atoms with Crippen LogP contribution in [-0.2, 0) is 6.42 Å². The molecule has 2 rings (SSSR count). The van der Waals surface area contributed by atoms with Crippen molar-refractivity contribution in [3.05, 3.63) is 59.7 Å². The van der Waals surface area contributed by atoms with Crippen LogP contribution in [0.25, 0.3) is 0 Å². The molecule has 0 radical (unpaired) electrons. The van der Waals surface area contributed by atoms with Crippen LogP contribution in [0.2, 0.25) is 0 Å². The predicted molar refractivity (Wildman–Crippen MR) is 65.9 cm³/mol. The number of rotatable bonds is 4. The van der Waals surface area contributed by atoms with Crippen molar-refractivity contribution in [3.8, 4) is 5.75 Å². The average molecular weight is 247 g/mol. The third-order valence-electron chi connectivity index (χ3n) is 2.70. The topological polar surface area (TPSA) is 42.4 Å². The lowest BCUT2D eigenvalue weighted by Gasteiger charge is -2.12. The lowest BCUT2D eigenvalue weighted by atomic mass is 10.0. The molecule has 2 aromatic rings. The minimum Gasteiger partial charge on any atom is -0.497 e. The van der Waals surface area contributed by atoms with E-state index < -0.39 is 11.9 Å². The van der Waals surface area contributed by atoms with Gasteiger partial charge in [0.1, 0.15) is 11.6 Å². The third-order valence-corrected chi connectivity index (χ3v) is 2.70. The van der Waals surface area contributed by atoms with E-state index in [0.717, 1.165) is 5.69 Å². The molecule has 1 N–H and O–H groups in total. The Balaban J connectivity index is 2.16. The summed E-state index contributed by atoms with van der Waals surface area (Å²) in [5, 5.41) is 10.00. The van der Waals surface area contributed by atoms with Gasteiger partial charge >= 0.3 is 0 Å². The summed E-state index contributed by atoms with van der Waals surface area (Å²) in [5.41, 5.74) is 0.974. The van der Waals surface area contributed by atoms with Gasteiger partial charge in [0.2, 0.25) is 0 Å². The number of aliphatic hydroxyl groups is 1. The summed E-state index contributed by atoms with van der Waals surface area (Å²) in [5.74, 6) is -0.0425. The van der Waals surface area contributed by atoms with E-state index in [9.17, 15) is 9.50 Å². The summed E-state index contributed by atoms with van der Waals surface area (Å²) in [6, 6.07) is 9.84. The molecule has 0 amide bonds. The maximum absolute atomic E-state index is 13.7. The molecule has 0 saturated heterocycles. The lowest BCUT2D eigenvalue weighted by molar-refractivity contribution is 0.172. The molecular formula is C14H14FNO2. The number of hydrogen-bond acceptors (Lipinski definition) is 3. The minimum atomic E-state index is -0.911. The van der Waals surface area contributed by atoms with Crippen molar-refractivity contribution in [1.29, 1.82) is 0 Å². The second kappa shape index (κ2) is 5.60. The summed E-state index contributed by atoms with van der Waals surface area (Å²) in [7, 11) is 1.47. The molecule has 0 aliphatic heterocycles. The number of benzene rings is 1. The number of methoxy groups -OCH3 is 1. The number of nitrogens with zero attached hydrogens (tertiary/aromatic N) is 1. The van der Waals surface area contributed by atoms with Crippen LogP contribution < -0.4 is 4.74 Å². The molecule has 0 fully saturated rings. The highest BCUT2D eigenvalue weighted by atomic mass is 19.1. The summed E-state index contributed by atoms with van der Waals surface area (Å²) >= 11 is 0. The van der Waals surface area contributed by atoms with Crippen molar-refractivity contribution >= 4 is 0 Å². The van der Waals surface area contributed by atoms with Gasteiger partial charge in [-0.3, -0.25) is 4.98 Å². The molecule has 0 aliphatic carbocycles. The van der Waals surface area contributed by atoms with Crippen LogP contribution >= 0.6 is 0 Å². The Kier molecular flexibility index (Phi) is 3.89. The number of halogens is 1. The van der Waals surface area contributed by atoms with E-state index in [-0.39, 0.29) is 12.0 Å². The molecule has 1 unspecified atom stereocenters. The van der Waals surface area contributed by atoms with E-state index in [1.54, 1.807) is 24.4 Å². The highest BCUT2D eigenvalue weighted by Gasteiger charge is 2.14. The molecule has 0 spiro atoms. The Labute approximate surface area is 105 Å². The number of hydrogen-bond donors (Lipinski definition) is 1. The first-order valence-corrected chi connectivity index (χ1v) is 5.62. The summed E-state index contributed by atoms with van der Waals surface area (Å²) in [4.78, 5) is 4.10. The van der Waals surface area contributed by atoms with Gasteiger partial charge in [-0.05, 0) is 24.3 Å². The van der Waals surface area contributed by atoms with Crippen LogP contribution in [0.4, 0.5) is 4.39 Å². The van der Waals surface area contributed by atoms with Crippen molar-refractivity contribution in [2.24, 2.45) is 0 Å². The first-order valence-electron chi connectivity index (χ1n) is 5.62. The van der Waals surface area contributed by atoms with Crippen molar-refractivity contribution in [3.63, 3.8) is 0 Å². The molecule has 1 aromatic carbocycles. The SMILES string of the molecule is COc1ccc(C(O)Cc2ccccn2)c(F)c1. The summed E-state index contributed by atoms with van der Waals surface area (Å²) < 4.78 is 18.6. The molecular weight excluding hydrogens is 233 g/mol. The molecule has 1 atom stereocenters. The molecule has 1 aromatic heterocycles. The van der Waals surface area contributed by atoms with Gasteiger partial charge in [0.15, 0.2) is 0 Å². The average Bonchev–Trinajstić information content (AvgIpc) is 2.39. The monoisotopic (exact) mass is 247 g/mol. The second-order valence-electron chi connectivity index (χ2n) is 3.93. The van der Waals surface area contributed by atoms with Crippen molar-refractivity contribution in [2.45, 2.75) is 12.5 Å². The fourth-order valence-electron chi connectivity index (χ4n) is 1.73. The minimum absolute atomic E-state index is 0.251. The van der Waals surface area contributed by atoms with Gasteiger partial charge in [-0.15, -0.1) is 0 Å². The van der Waals surface area contributed by atoms with E-state index in [0.29, 0.717) is 5.75 Å². The van der Waals surface area contributed by atoms with Gasteiger partial charge < -0.3 is 9.84 Å². The first-order chi connectivity index (χ1) is 8.70. The van der Waals surface area contributed by atoms with Crippen LogP contribution in [0.3, 0.4) is 0 Å². The van der Waals surface area contributed by atoms with Gasteiger partial charge in [0.05, 0.1) is 13.2 Å². The molecule has 18 heavy (non-hydrogen) atoms. The Morgan fingerprint density at radius 3 is 2.78 bits per heavy atom. The maximum Gasteiger partial charge on any atom is 0.132 e. The van der Waals surface area contributed by atoms with E-state index in [2.05, 4.69) is 4.98 Å². The zero-order valence-corrected chi connectivity index (χ0v) is 10.0. The second-order valence-corrected chi connectivity index (χ2v) is 3.93. The van der Waals surface area contributed by atoms with E-state index in [4.69, 9.17) is 4.74 Å². The number of pyridine rings is 1. The van der Waals surface area contributed by atoms with Crippen molar-refractivity contribution < 1.29 is 14.2 Å². The van der Waals surface area contributed by atoms with Gasteiger partial charge in [-0.2, -0.15) is 0 Å². The highest BCUT2D eigenvalue weighted by molar-refractivity contribution is 5.30. The fraction of sp³-hybridized carbons (Fsp3) is 0.214. The zero-order valence-electron chi connectivity index (χ0n) is 10.0. The zero-order chi connectivity index (χ0) is 13.0. The standard InChI is InChI=1S/C14H14FNO2/c1-18-11-5-6-12(13(15)9-11)14(17)8-10-4-2-3-7-16-10/h2-7,9,14,17H,8H2,1H3. The van der Waals surface area contributed by atoms with Crippen molar-refractivity contribution in [2.75, 3.05) is 7.11 Å². The molecule has 4 heteroatoms. The van der Waals surface area contributed by atoms with Crippen LogP contribution in [0, 0.1) is 5.82 Å². The normalized spacial score (nSPS) is 12.2. The third kappa shape index (κ3) is 2.84. The predicted octanol–water partition coefficient (Wildman–Crippen LogP) is 2.51. The Hall–Kier alpha value is -1.94. The Morgan fingerprint density at radius 1 is 1.33 bits per heavy atom. The molecule has 0 saturated carbocycles. The van der Waals surface area contributed by atoms with Crippen LogP contribution in [0.15, 0.2) is 42.6 Å². The number of aromatic nitrogens is 1. The Morgan fingerprint density at radius 2 is 2.17 bits per heavy atom. The largest absolute Gasteiger partial charge is 0.497 e. The van der Waals surface area contributed by atoms with E-state index in [1.165, 1.54) is 19.2 Å². The molecule has 94 valence electrons. The van der Waals surface area contributed by atoms with Gasteiger partial charge in [0, 0.05) is 29.9 Å². The lowest BCUT2D eigenvalue weighted by Crippen LogP contribution is -2.05. The van der Waals surface area contributed by atoms with Crippen LogP contribution in [0.5, 0.6) is 5.75 Å². The van der Waals surface area contributed by atoms with E-state index >= 15 is 0 Å². The molecule has 3 nitrogen and oxygen atoms in total. The van der Waals surface area contributed by atoms with Crippen LogP contribution in [-0.4, -0.2) is 17.2 Å². The fourth-order valence-corrected chi connectivity index (χ4v) is 1.73. The summed E-state index contributed by atoms with van der Waals surface area (Å²) in [6.07, 6.45) is 1.02. The molecule has 0 bridgehead atoms. The maximum atomic E-state index is 13.7. The number of ether oxygens (including phenoxy) is 1.